The van der Waals surface area contributed by atoms with Crippen molar-refractivity contribution in [2.75, 3.05) is 5.32 Å². The third-order valence-electron chi connectivity index (χ3n) is 2.82. The highest BCUT2D eigenvalue weighted by molar-refractivity contribution is 6.35. The second kappa shape index (κ2) is 5.23. The number of anilines is 2. The third kappa shape index (κ3) is 2.40. The fraction of sp³-hybridized carbons (Fsp3) is 0. The van der Waals surface area contributed by atoms with E-state index in [2.05, 4.69) is 15.5 Å². The molecule has 0 spiro atoms. The molecule has 1 N–H and O–H groups in total. The summed E-state index contributed by atoms with van der Waals surface area (Å²) in [7, 11) is 0. The molecule has 0 unspecified atom stereocenters. The Morgan fingerprint density at radius 2 is 1.70 bits per heavy atom. The Hall–Kier alpha value is -1.91. The number of halogens is 3. The molecule has 0 aliphatic rings. The van der Waals surface area contributed by atoms with E-state index in [0.717, 1.165) is 10.8 Å². The maximum atomic E-state index is 13.3. The van der Waals surface area contributed by atoms with Crippen molar-refractivity contribution in [1.29, 1.82) is 0 Å². The number of nitrogens with zero attached hydrogens (tertiary/aromatic N) is 2. The summed E-state index contributed by atoms with van der Waals surface area (Å²) in [6.07, 6.45) is 0. The van der Waals surface area contributed by atoms with Gasteiger partial charge in [-0.2, -0.15) is 0 Å². The van der Waals surface area contributed by atoms with Crippen LogP contribution in [0.1, 0.15) is 0 Å². The van der Waals surface area contributed by atoms with Crippen LogP contribution in [0.15, 0.2) is 42.5 Å². The van der Waals surface area contributed by atoms with Gasteiger partial charge in [0, 0.05) is 10.8 Å². The summed E-state index contributed by atoms with van der Waals surface area (Å²) >= 11 is 12.0. The molecule has 0 radical (unpaired) electrons. The molecular formula is C14H8Cl2FN3. The Labute approximate surface area is 124 Å². The van der Waals surface area contributed by atoms with Crippen molar-refractivity contribution in [1.82, 2.24) is 10.2 Å². The predicted molar refractivity (Wildman–Crippen MR) is 79.2 cm³/mol. The molecule has 0 bridgehead atoms. The van der Waals surface area contributed by atoms with Crippen LogP contribution in [0.3, 0.4) is 0 Å². The average Bonchev–Trinajstić information content (AvgIpc) is 2.46. The molecular weight excluding hydrogens is 300 g/mol. The van der Waals surface area contributed by atoms with Crippen molar-refractivity contribution < 1.29 is 4.39 Å². The lowest BCUT2D eigenvalue weighted by molar-refractivity contribution is 0.628. The maximum absolute atomic E-state index is 13.3. The van der Waals surface area contributed by atoms with Crippen LogP contribution in [0, 0.1) is 5.82 Å². The predicted octanol–water partition coefficient (Wildman–Crippen LogP) is 4.82. The highest BCUT2D eigenvalue weighted by Crippen LogP contribution is 2.30. The fourth-order valence-electron chi connectivity index (χ4n) is 1.88. The van der Waals surface area contributed by atoms with Gasteiger partial charge < -0.3 is 5.32 Å². The highest BCUT2D eigenvalue weighted by Gasteiger charge is 2.09. The van der Waals surface area contributed by atoms with Crippen molar-refractivity contribution in [2.24, 2.45) is 0 Å². The largest absolute Gasteiger partial charge is 0.337 e. The molecule has 1 heterocycles. The van der Waals surface area contributed by atoms with Gasteiger partial charge in [-0.25, -0.2) is 4.39 Å². The molecule has 0 aliphatic heterocycles. The minimum absolute atomic E-state index is 0.316. The van der Waals surface area contributed by atoms with Crippen molar-refractivity contribution in [3.63, 3.8) is 0 Å². The SMILES string of the molecule is Fc1ccc(Cl)c(Nc2nnc(Cl)c3ccccc23)c1. The van der Waals surface area contributed by atoms with E-state index in [0.29, 0.717) is 21.7 Å². The molecule has 0 amide bonds. The lowest BCUT2D eigenvalue weighted by Gasteiger charge is -2.10. The molecule has 0 atom stereocenters. The van der Waals surface area contributed by atoms with Crippen LogP contribution in [0.2, 0.25) is 10.2 Å². The molecule has 3 nitrogen and oxygen atoms in total. The zero-order chi connectivity index (χ0) is 14.1. The summed E-state index contributed by atoms with van der Waals surface area (Å²) in [6, 6.07) is 11.5. The monoisotopic (exact) mass is 307 g/mol. The zero-order valence-electron chi connectivity index (χ0n) is 10.1. The molecule has 3 rings (SSSR count). The second-order valence-corrected chi connectivity index (χ2v) is 4.90. The second-order valence-electron chi connectivity index (χ2n) is 4.13. The van der Waals surface area contributed by atoms with Crippen LogP contribution >= 0.6 is 23.2 Å². The fourth-order valence-corrected chi connectivity index (χ4v) is 2.25. The van der Waals surface area contributed by atoms with Crippen molar-refractivity contribution >= 4 is 45.5 Å². The van der Waals surface area contributed by atoms with E-state index in [1.165, 1.54) is 18.2 Å². The first-order chi connectivity index (χ1) is 9.65. The Balaban J connectivity index is 2.11. The van der Waals surface area contributed by atoms with Gasteiger partial charge in [0.2, 0.25) is 0 Å². The summed E-state index contributed by atoms with van der Waals surface area (Å²) in [4.78, 5) is 0. The van der Waals surface area contributed by atoms with Gasteiger partial charge in [0.25, 0.3) is 0 Å². The van der Waals surface area contributed by atoms with E-state index in [1.807, 2.05) is 24.3 Å². The smallest absolute Gasteiger partial charge is 0.161 e. The van der Waals surface area contributed by atoms with E-state index in [9.17, 15) is 4.39 Å². The molecule has 20 heavy (non-hydrogen) atoms. The van der Waals surface area contributed by atoms with Crippen LogP contribution in [-0.4, -0.2) is 10.2 Å². The minimum atomic E-state index is -0.386. The van der Waals surface area contributed by atoms with Gasteiger partial charge >= 0.3 is 0 Å². The Morgan fingerprint density at radius 1 is 0.950 bits per heavy atom. The van der Waals surface area contributed by atoms with Gasteiger partial charge in [0.1, 0.15) is 5.82 Å². The van der Waals surface area contributed by atoms with E-state index >= 15 is 0 Å². The highest BCUT2D eigenvalue weighted by atomic mass is 35.5. The minimum Gasteiger partial charge on any atom is -0.337 e. The van der Waals surface area contributed by atoms with Gasteiger partial charge in [-0.1, -0.05) is 47.5 Å². The molecule has 2 aromatic carbocycles. The normalized spacial score (nSPS) is 10.8. The number of rotatable bonds is 2. The molecule has 1 aromatic heterocycles. The lowest BCUT2D eigenvalue weighted by atomic mass is 10.2. The third-order valence-corrected chi connectivity index (χ3v) is 3.43. The molecule has 100 valence electrons. The van der Waals surface area contributed by atoms with Gasteiger partial charge in [0.15, 0.2) is 11.0 Å². The Morgan fingerprint density at radius 3 is 2.50 bits per heavy atom. The molecule has 0 saturated heterocycles. The lowest BCUT2D eigenvalue weighted by Crippen LogP contribution is -1.98. The van der Waals surface area contributed by atoms with Crippen molar-refractivity contribution in [2.45, 2.75) is 0 Å². The van der Waals surface area contributed by atoms with E-state index in [-0.39, 0.29) is 5.82 Å². The molecule has 6 heteroatoms. The Bertz CT molecular complexity index is 792. The summed E-state index contributed by atoms with van der Waals surface area (Å²) < 4.78 is 13.3. The number of fused-ring (bicyclic) bond motifs is 1. The van der Waals surface area contributed by atoms with Gasteiger partial charge in [-0.3, -0.25) is 0 Å². The summed E-state index contributed by atoms with van der Waals surface area (Å²) in [6.45, 7) is 0. The van der Waals surface area contributed by atoms with Crippen molar-refractivity contribution in [3.05, 3.63) is 58.5 Å². The summed E-state index contributed by atoms with van der Waals surface area (Å²) in [5.41, 5.74) is 0.424. The van der Waals surface area contributed by atoms with Gasteiger partial charge in [-0.05, 0) is 18.2 Å². The van der Waals surface area contributed by atoms with E-state index < -0.39 is 0 Å². The van der Waals surface area contributed by atoms with Crippen LogP contribution in [0.4, 0.5) is 15.9 Å². The standard InChI is InChI=1S/C14H8Cl2FN3/c15-11-6-5-8(17)7-12(11)18-14-10-4-2-1-3-9(10)13(16)19-20-14/h1-7H,(H,18,20). The van der Waals surface area contributed by atoms with Crippen molar-refractivity contribution in [3.8, 4) is 0 Å². The van der Waals surface area contributed by atoms with Crippen LogP contribution in [0.5, 0.6) is 0 Å². The molecule has 0 saturated carbocycles. The van der Waals surface area contributed by atoms with Crippen LogP contribution in [0.25, 0.3) is 10.8 Å². The number of nitrogens with one attached hydrogen (secondary N) is 1. The number of benzene rings is 2. The quantitative estimate of drug-likeness (QED) is 0.737. The number of hydrogen-bond donors (Lipinski definition) is 1. The summed E-state index contributed by atoms with van der Waals surface area (Å²) in [5.74, 6) is 0.0839. The van der Waals surface area contributed by atoms with Gasteiger partial charge in [-0.15, -0.1) is 10.2 Å². The maximum Gasteiger partial charge on any atom is 0.161 e. The topological polar surface area (TPSA) is 37.8 Å². The average molecular weight is 308 g/mol. The van der Waals surface area contributed by atoms with Gasteiger partial charge in [0.05, 0.1) is 10.7 Å². The first kappa shape index (κ1) is 13.1. The van der Waals surface area contributed by atoms with E-state index in [4.69, 9.17) is 23.2 Å². The first-order valence-electron chi connectivity index (χ1n) is 5.78. The van der Waals surface area contributed by atoms with E-state index in [1.54, 1.807) is 0 Å². The number of aromatic nitrogens is 2. The van der Waals surface area contributed by atoms with Crippen LogP contribution < -0.4 is 5.32 Å². The Kier molecular flexibility index (Phi) is 3.42. The summed E-state index contributed by atoms with van der Waals surface area (Å²) in [5, 5.41) is 13.1. The molecule has 0 fully saturated rings. The molecule has 3 aromatic rings. The van der Waals surface area contributed by atoms with Crippen LogP contribution in [-0.2, 0) is 0 Å². The molecule has 0 aliphatic carbocycles. The first-order valence-corrected chi connectivity index (χ1v) is 6.54. The zero-order valence-corrected chi connectivity index (χ0v) is 11.6. The number of hydrogen-bond acceptors (Lipinski definition) is 3.